The van der Waals surface area contributed by atoms with Crippen molar-refractivity contribution in [1.29, 1.82) is 0 Å². The van der Waals surface area contributed by atoms with Gasteiger partial charge in [-0.1, -0.05) is 6.07 Å². The van der Waals surface area contributed by atoms with E-state index in [1.807, 2.05) is 6.92 Å². The lowest BCUT2D eigenvalue weighted by atomic mass is 10.1. The van der Waals surface area contributed by atoms with Gasteiger partial charge in [-0.15, -0.1) is 0 Å². The number of carboxylic acid groups (broad SMARTS) is 1. The molecule has 0 heterocycles. The highest BCUT2D eigenvalue weighted by Crippen LogP contribution is 2.09. The topological polar surface area (TPSA) is 83.6 Å². The van der Waals surface area contributed by atoms with Gasteiger partial charge in [-0.25, -0.2) is 4.79 Å². The Hall–Kier alpha value is -1.88. The molecule has 0 spiro atoms. The zero-order valence-corrected chi connectivity index (χ0v) is 9.88. The van der Waals surface area contributed by atoms with Crippen LogP contribution in [-0.2, 0) is 0 Å². The molecule has 0 aliphatic heterocycles. The van der Waals surface area contributed by atoms with Crippen molar-refractivity contribution in [2.24, 2.45) is 5.73 Å². The summed E-state index contributed by atoms with van der Waals surface area (Å²) in [5, 5.41) is 8.84. The normalized spacial score (nSPS) is 11.9. The summed E-state index contributed by atoms with van der Waals surface area (Å²) in [6, 6.07) is 5.87. The molecule has 0 saturated heterocycles. The van der Waals surface area contributed by atoms with E-state index in [0.29, 0.717) is 12.1 Å². The summed E-state index contributed by atoms with van der Waals surface area (Å²) >= 11 is 0. The maximum Gasteiger partial charge on any atom is 0.335 e. The second-order valence-corrected chi connectivity index (χ2v) is 3.89. The largest absolute Gasteiger partial charge is 0.478 e. The molecule has 0 aliphatic rings. The molecule has 3 N–H and O–H groups in total. The molecular formula is C12H16N2O3. The van der Waals surface area contributed by atoms with E-state index in [9.17, 15) is 9.59 Å². The van der Waals surface area contributed by atoms with Crippen LogP contribution in [-0.4, -0.2) is 41.5 Å². The first kappa shape index (κ1) is 13.2. The fraction of sp³-hybridized carbons (Fsp3) is 0.333. The number of aromatic carboxylic acids is 1. The van der Waals surface area contributed by atoms with E-state index >= 15 is 0 Å². The number of nitrogens with two attached hydrogens (primary N) is 1. The smallest absolute Gasteiger partial charge is 0.335 e. The number of hydrogen-bond acceptors (Lipinski definition) is 3. The highest BCUT2D eigenvalue weighted by atomic mass is 16.4. The zero-order valence-electron chi connectivity index (χ0n) is 9.88. The Morgan fingerprint density at radius 3 is 2.53 bits per heavy atom. The molecule has 1 atom stereocenters. The Morgan fingerprint density at radius 2 is 2.00 bits per heavy atom. The molecule has 0 radical (unpaired) electrons. The van der Waals surface area contributed by atoms with Crippen LogP contribution in [0.1, 0.15) is 27.6 Å². The van der Waals surface area contributed by atoms with Gasteiger partial charge in [-0.05, 0) is 25.1 Å². The first-order valence-corrected chi connectivity index (χ1v) is 5.28. The van der Waals surface area contributed by atoms with Crippen molar-refractivity contribution < 1.29 is 14.7 Å². The summed E-state index contributed by atoms with van der Waals surface area (Å²) in [5.74, 6) is -1.28. The van der Waals surface area contributed by atoms with E-state index in [4.69, 9.17) is 10.8 Å². The zero-order chi connectivity index (χ0) is 13.0. The van der Waals surface area contributed by atoms with Crippen LogP contribution >= 0.6 is 0 Å². The fourth-order valence-electron chi connectivity index (χ4n) is 1.35. The van der Waals surface area contributed by atoms with E-state index in [1.165, 1.54) is 17.0 Å². The van der Waals surface area contributed by atoms with Crippen molar-refractivity contribution >= 4 is 11.9 Å². The predicted molar refractivity (Wildman–Crippen MR) is 64.0 cm³/mol. The lowest BCUT2D eigenvalue weighted by Gasteiger charge is -2.23. The second kappa shape index (κ2) is 5.45. The molecule has 1 amide bonds. The minimum Gasteiger partial charge on any atom is -0.478 e. The van der Waals surface area contributed by atoms with Crippen LogP contribution < -0.4 is 5.73 Å². The van der Waals surface area contributed by atoms with E-state index in [0.717, 1.165) is 0 Å². The van der Waals surface area contributed by atoms with Crippen molar-refractivity contribution in [3.05, 3.63) is 35.4 Å². The summed E-state index contributed by atoms with van der Waals surface area (Å²) in [7, 11) is 1.65. The van der Waals surface area contributed by atoms with Crippen LogP contribution in [0.2, 0.25) is 0 Å². The number of rotatable bonds is 4. The van der Waals surface area contributed by atoms with Crippen molar-refractivity contribution in [3.8, 4) is 0 Å². The number of nitrogens with zero attached hydrogens (tertiary/aromatic N) is 1. The average molecular weight is 236 g/mol. The second-order valence-electron chi connectivity index (χ2n) is 3.89. The van der Waals surface area contributed by atoms with Gasteiger partial charge in [-0.2, -0.15) is 0 Å². The number of likely N-dealkylation sites (N-methyl/N-ethyl adjacent to an activating group) is 1. The van der Waals surface area contributed by atoms with E-state index in [-0.39, 0.29) is 17.5 Å². The van der Waals surface area contributed by atoms with Gasteiger partial charge in [0.05, 0.1) is 5.56 Å². The summed E-state index contributed by atoms with van der Waals surface area (Å²) in [4.78, 5) is 24.3. The van der Waals surface area contributed by atoms with Crippen LogP contribution in [0.4, 0.5) is 0 Å². The molecule has 0 fully saturated rings. The Balaban J connectivity index is 2.96. The van der Waals surface area contributed by atoms with Crippen molar-refractivity contribution in [3.63, 3.8) is 0 Å². The van der Waals surface area contributed by atoms with E-state index in [1.54, 1.807) is 19.2 Å². The minimum absolute atomic E-state index is 0.0871. The molecule has 1 rings (SSSR count). The summed E-state index contributed by atoms with van der Waals surface area (Å²) in [5.41, 5.74) is 5.93. The number of carbonyl (C=O) groups excluding carboxylic acids is 1. The van der Waals surface area contributed by atoms with E-state index in [2.05, 4.69) is 0 Å². The molecule has 5 nitrogen and oxygen atoms in total. The standard InChI is InChI=1S/C12H16N2O3/c1-8(7-13)14(2)11(15)9-4-3-5-10(6-9)12(16)17/h3-6,8H,7,13H2,1-2H3,(H,16,17). The van der Waals surface area contributed by atoms with Crippen molar-refractivity contribution in [1.82, 2.24) is 4.90 Å². The third-order valence-electron chi connectivity index (χ3n) is 2.68. The van der Waals surface area contributed by atoms with Gasteiger partial charge in [-0.3, -0.25) is 4.79 Å². The lowest BCUT2D eigenvalue weighted by Crippen LogP contribution is -2.39. The SMILES string of the molecule is CC(CN)N(C)C(=O)c1cccc(C(=O)O)c1. The molecular weight excluding hydrogens is 220 g/mol. The van der Waals surface area contributed by atoms with Gasteiger partial charge in [0, 0.05) is 25.2 Å². The molecule has 0 saturated carbocycles. The molecule has 92 valence electrons. The van der Waals surface area contributed by atoms with Gasteiger partial charge in [0.25, 0.3) is 5.91 Å². The number of carboxylic acids is 1. The van der Waals surface area contributed by atoms with Crippen LogP contribution in [0.15, 0.2) is 24.3 Å². The average Bonchev–Trinajstić information content (AvgIpc) is 2.36. The van der Waals surface area contributed by atoms with Gasteiger partial charge < -0.3 is 15.7 Å². The van der Waals surface area contributed by atoms with Gasteiger partial charge in [0.15, 0.2) is 0 Å². The molecule has 17 heavy (non-hydrogen) atoms. The van der Waals surface area contributed by atoms with Gasteiger partial charge in [0.1, 0.15) is 0 Å². The maximum atomic E-state index is 12.0. The third kappa shape index (κ3) is 3.04. The Bertz CT molecular complexity index is 432. The molecule has 1 aromatic carbocycles. The number of benzene rings is 1. The number of carbonyl (C=O) groups is 2. The van der Waals surface area contributed by atoms with Crippen LogP contribution in [0.3, 0.4) is 0 Å². The Morgan fingerprint density at radius 1 is 1.41 bits per heavy atom. The molecule has 0 aliphatic carbocycles. The summed E-state index contributed by atoms with van der Waals surface area (Å²) < 4.78 is 0. The molecule has 5 heteroatoms. The number of hydrogen-bond donors (Lipinski definition) is 2. The first-order chi connectivity index (χ1) is 7.97. The minimum atomic E-state index is -1.05. The summed E-state index contributed by atoms with van der Waals surface area (Å²) in [6.07, 6.45) is 0. The van der Waals surface area contributed by atoms with Crippen LogP contribution in [0.5, 0.6) is 0 Å². The third-order valence-corrected chi connectivity index (χ3v) is 2.68. The quantitative estimate of drug-likeness (QED) is 0.810. The van der Waals surface area contributed by atoms with Crippen LogP contribution in [0, 0.1) is 0 Å². The monoisotopic (exact) mass is 236 g/mol. The molecule has 0 aromatic heterocycles. The maximum absolute atomic E-state index is 12.0. The highest BCUT2D eigenvalue weighted by Gasteiger charge is 2.17. The number of amides is 1. The van der Waals surface area contributed by atoms with Gasteiger partial charge >= 0.3 is 5.97 Å². The predicted octanol–water partition coefficient (Wildman–Crippen LogP) is 0.804. The highest BCUT2D eigenvalue weighted by molar-refractivity contribution is 5.97. The first-order valence-electron chi connectivity index (χ1n) is 5.28. The summed E-state index contributed by atoms with van der Waals surface area (Å²) in [6.45, 7) is 2.19. The van der Waals surface area contributed by atoms with E-state index < -0.39 is 5.97 Å². The lowest BCUT2D eigenvalue weighted by molar-refractivity contribution is 0.0697. The molecule has 1 unspecified atom stereocenters. The molecule has 0 bridgehead atoms. The Kier molecular flexibility index (Phi) is 4.23. The van der Waals surface area contributed by atoms with Crippen molar-refractivity contribution in [2.75, 3.05) is 13.6 Å². The Labute approximate surface area is 99.8 Å². The van der Waals surface area contributed by atoms with Gasteiger partial charge in [0.2, 0.25) is 0 Å². The fourth-order valence-corrected chi connectivity index (χ4v) is 1.35. The van der Waals surface area contributed by atoms with Crippen molar-refractivity contribution in [2.45, 2.75) is 13.0 Å². The molecule has 1 aromatic rings. The van der Waals surface area contributed by atoms with Crippen LogP contribution in [0.25, 0.3) is 0 Å².